The van der Waals surface area contributed by atoms with E-state index in [1.165, 1.54) is 32.1 Å². The highest BCUT2D eigenvalue weighted by atomic mass is 16.1. The Hall–Kier alpha value is -1.15. The highest BCUT2D eigenvalue weighted by Crippen LogP contribution is 2.28. The van der Waals surface area contributed by atoms with Crippen molar-refractivity contribution in [1.82, 2.24) is 4.90 Å². The molecule has 0 N–H and O–H groups in total. The Morgan fingerprint density at radius 1 is 1.20 bits per heavy atom. The van der Waals surface area contributed by atoms with Gasteiger partial charge in [-0.1, -0.05) is 56.5 Å². The van der Waals surface area contributed by atoms with Crippen LogP contribution >= 0.6 is 0 Å². The zero-order valence-corrected chi connectivity index (χ0v) is 12.8. The number of likely N-dealkylation sites (N-methyl/N-ethyl adjacent to an activating group) is 1. The summed E-state index contributed by atoms with van der Waals surface area (Å²) < 4.78 is 0. The van der Waals surface area contributed by atoms with Crippen LogP contribution in [0.25, 0.3) is 0 Å². The summed E-state index contributed by atoms with van der Waals surface area (Å²) >= 11 is 0. The Kier molecular flexibility index (Phi) is 5.78. The van der Waals surface area contributed by atoms with Crippen molar-refractivity contribution in [3.63, 3.8) is 0 Å². The molecule has 2 nitrogen and oxygen atoms in total. The fourth-order valence-electron chi connectivity index (χ4n) is 3.46. The molecule has 0 radical (unpaired) electrons. The van der Waals surface area contributed by atoms with Gasteiger partial charge in [0, 0.05) is 6.54 Å². The van der Waals surface area contributed by atoms with Gasteiger partial charge >= 0.3 is 0 Å². The summed E-state index contributed by atoms with van der Waals surface area (Å²) in [5, 5.41) is 0. The quantitative estimate of drug-likeness (QED) is 0.773. The van der Waals surface area contributed by atoms with E-state index in [-0.39, 0.29) is 11.8 Å². The van der Waals surface area contributed by atoms with E-state index in [1.54, 1.807) is 6.92 Å². The molecule has 0 aromatic heterocycles. The van der Waals surface area contributed by atoms with Gasteiger partial charge in [-0.05, 0) is 37.8 Å². The standard InChI is InChI=1S/C18H27NO/c1-3-19(14-16-10-6-4-7-11-16)18(15(2)20)17-12-8-5-9-13-17/h5,8-9,12-13,16,18H,3-4,6-7,10-11,14H2,1-2H3. The molecule has 0 aliphatic heterocycles. The first-order valence-corrected chi connectivity index (χ1v) is 8.01. The van der Waals surface area contributed by atoms with Gasteiger partial charge in [0.15, 0.2) is 5.78 Å². The minimum Gasteiger partial charge on any atom is -0.298 e. The summed E-state index contributed by atoms with van der Waals surface area (Å²) in [7, 11) is 0. The number of ketones is 1. The normalized spacial score (nSPS) is 18.1. The first-order valence-electron chi connectivity index (χ1n) is 8.01. The van der Waals surface area contributed by atoms with E-state index in [2.05, 4.69) is 24.0 Å². The lowest BCUT2D eigenvalue weighted by molar-refractivity contribution is -0.122. The number of benzene rings is 1. The second-order valence-electron chi connectivity index (χ2n) is 6.02. The molecule has 1 atom stereocenters. The molecule has 20 heavy (non-hydrogen) atoms. The van der Waals surface area contributed by atoms with Crippen molar-refractivity contribution >= 4 is 5.78 Å². The minimum atomic E-state index is -0.0665. The van der Waals surface area contributed by atoms with Crippen LogP contribution in [0.1, 0.15) is 57.6 Å². The maximum absolute atomic E-state index is 12.1. The summed E-state index contributed by atoms with van der Waals surface area (Å²) in [4.78, 5) is 14.5. The Morgan fingerprint density at radius 3 is 2.40 bits per heavy atom. The summed E-state index contributed by atoms with van der Waals surface area (Å²) in [6.07, 6.45) is 6.76. The van der Waals surface area contributed by atoms with Crippen LogP contribution in [0.2, 0.25) is 0 Å². The number of carbonyl (C=O) groups excluding carboxylic acids is 1. The molecule has 0 bridgehead atoms. The highest BCUT2D eigenvalue weighted by Gasteiger charge is 2.26. The molecule has 1 aliphatic rings. The topological polar surface area (TPSA) is 20.3 Å². The van der Waals surface area contributed by atoms with Crippen molar-refractivity contribution in [2.24, 2.45) is 5.92 Å². The van der Waals surface area contributed by atoms with Crippen molar-refractivity contribution in [1.29, 1.82) is 0 Å². The maximum Gasteiger partial charge on any atom is 0.151 e. The molecule has 0 amide bonds. The molecular weight excluding hydrogens is 246 g/mol. The monoisotopic (exact) mass is 273 g/mol. The van der Waals surface area contributed by atoms with Crippen LogP contribution in [0.3, 0.4) is 0 Å². The molecule has 1 saturated carbocycles. The number of hydrogen-bond donors (Lipinski definition) is 0. The summed E-state index contributed by atoms with van der Waals surface area (Å²) in [5.74, 6) is 1.03. The first kappa shape index (κ1) is 15.2. The van der Waals surface area contributed by atoms with Gasteiger partial charge in [-0.2, -0.15) is 0 Å². The predicted octanol–water partition coefficient (Wildman–Crippen LogP) is 4.22. The Labute approximate surface area is 123 Å². The van der Waals surface area contributed by atoms with E-state index in [0.29, 0.717) is 0 Å². The number of Topliss-reactive ketones (excluding diaryl/α,β-unsaturated/α-hetero) is 1. The third-order valence-corrected chi connectivity index (χ3v) is 4.49. The average Bonchev–Trinajstić information content (AvgIpc) is 2.48. The van der Waals surface area contributed by atoms with Gasteiger partial charge in [-0.25, -0.2) is 0 Å². The zero-order chi connectivity index (χ0) is 14.4. The number of rotatable bonds is 6. The van der Waals surface area contributed by atoms with Gasteiger partial charge in [-0.3, -0.25) is 9.69 Å². The van der Waals surface area contributed by atoms with E-state index in [0.717, 1.165) is 24.6 Å². The Balaban J connectivity index is 2.11. The third-order valence-electron chi connectivity index (χ3n) is 4.49. The summed E-state index contributed by atoms with van der Waals surface area (Å²) in [6.45, 7) is 5.90. The van der Waals surface area contributed by atoms with Gasteiger partial charge in [-0.15, -0.1) is 0 Å². The minimum absolute atomic E-state index is 0.0665. The van der Waals surface area contributed by atoms with E-state index < -0.39 is 0 Å². The summed E-state index contributed by atoms with van der Waals surface area (Å²) in [5.41, 5.74) is 1.14. The van der Waals surface area contributed by atoms with Crippen molar-refractivity contribution in [2.45, 2.75) is 52.0 Å². The Bertz CT molecular complexity index is 409. The van der Waals surface area contributed by atoms with Crippen molar-refractivity contribution in [3.05, 3.63) is 35.9 Å². The van der Waals surface area contributed by atoms with Gasteiger partial charge in [0.2, 0.25) is 0 Å². The van der Waals surface area contributed by atoms with Gasteiger partial charge in [0.25, 0.3) is 0 Å². The molecule has 0 spiro atoms. The lowest BCUT2D eigenvalue weighted by atomic mass is 9.88. The van der Waals surface area contributed by atoms with E-state index >= 15 is 0 Å². The second-order valence-corrected chi connectivity index (χ2v) is 6.02. The maximum atomic E-state index is 12.1. The van der Waals surface area contributed by atoms with Crippen molar-refractivity contribution in [3.8, 4) is 0 Å². The first-order chi connectivity index (χ1) is 9.72. The number of nitrogens with zero attached hydrogens (tertiary/aromatic N) is 1. The third kappa shape index (κ3) is 3.92. The molecule has 1 aromatic rings. The molecule has 1 unspecified atom stereocenters. The lowest BCUT2D eigenvalue weighted by Gasteiger charge is -2.34. The van der Waals surface area contributed by atoms with Crippen molar-refractivity contribution in [2.75, 3.05) is 13.1 Å². The smallest absolute Gasteiger partial charge is 0.151 e. The van der Waals surface area contributed by atoms with E-state index in [4.69, 9.17) is 0 Å². The van der Waals surface area contributed by atoms with E-state index in [1.807, 2.05) is 18.2 Å². The Morgan fingerprint density at radius 2 is 1.85 bits per heavy atom. The fourth-order valence-corrected chi connectivity index (χ4v) is 3.46. The molecule has 110 valence electrons. The molecule has 1 aliphatic carbocycles. The SMILES string of the molecule is CCN(CC1CCCCC1)C(C(C)=O)c1ccccc1. The van der Waals surface area contributed by atoms with Crippen LogP contribution in [0.15, 0.2) is 30.3 Å². The molecule has 2 heteroatoms. The fraction of sp³-hybridized carbons (Fsp3) is 0.611. The summed E-state index contributed by atoms with van der Waals surface area (Å²) in [6, 6.07) is 10.2. The number of hydrogen-bond acceptors (Lipinski definition) is 2. The molecule has 0 saturated heterocycles. The average molecular weight is 273 g/mol. The highest BCUT2D eigenvalue weighted by molar-refractivity contribution is 5.82. The van der Waals surface area contributed by atoms with Crippen LogP contribution < -0.4 is 0 Å². The van der Waals surface area contributed by atoms with Gasteiger partial charge in [0.05, 0.1) is 6.04 Å². The van der Waals surface area contributed by atoms with Crippen LogP contribution in [0.5, 0.6) is 0 Å². The predicted molar refractivity (Wildman–Crippen MR) is 83.7 cm³/mol. The van der Waals surface area contributed by atoms with Gasteiger partial charge < -0.3 is 0 Å². The lowest BCUT2D eigenvalue weighted by Crippen LogP contribution is -2.37. The molecule has 2 rings (SSSR count). The van der Waals surface area contributed by atoms with Crippen LogP contribution in [0, 0.1) is 5.92 Å². The molecule has 1 aromatic carbocycles. The second kappa shape index (κ2) is 7.58. The number of carbonyl (C=O) groups is 1. The van der Waals surface area contributed by atoms with Crippen molar-refractivity contribution < 1.29 is 4.79 Å². The molecule has 1 fully saturated rings. The molecule has 0 heterocycles. The van der Waals surface area contributed by atoms with E-state index in [9.17, 15) is 4.79 Å². The van der Waals surface area contributed by atoms with Gasteiger partial charge in [0.1, 0.15) is 0 Å². The van der Waals surface area contributed by atoms with Crippen LogP contribution in [-0.2, 0) is 4.79 Å². The zero-order valence-electron chi connectivity index (χ0n) is 12.8. The van der Waals surface area contributed by atoms with Crippen LogP contribution in [0.4, 0.5) is 0 Å². The largest absolute Gasteiger partial charge is 0.298 e. The molecular formula is C18H27NO. The van der Waals surface area contributed by atoms with Crippen LogP contribution in [-0.4, -0.2) is 23.8 Å².